The standard InChI is InChI=1S/C16H15N3O3/c1-18-12-7-3-4-8-13(12)19(16(18)22)10-15(21)17-11-6-2-5-9-14(11)20/h2-9,20H,10H2,1H3,(H,17,21). The molecule has 0 aliphatic heterocycles. The number of nitrogens with zero attached hydrogens (tertiary/aromatic N) is 2. The lowest BCUT2D eigenvalue weighted by Crippen LogP contribution is -2.28. The number of hydrogen-bond acceptors (Lipinski definition) is 3. The molecule has 2 N–H and O–H groups in total. The zero-order chi connectivity index (χ0) is 15.7. The topological polar surface area (TPSA) is 76.3 Å². The molecule has 6 heteroatoms. The summed E-state index contributed by atoms with van der Waals surface area (Å²) in [5.41, 5.74) is 1.53. The number of para-hydroxylation sites is 4. The summed E-state index contributed by atoms with van der Waals surface area (Å²) in [5, 5.41) is 12.3. The van der Waals surface area contributed by atoms with Crippen LogP contribution in [-0.2, 0) is 18.4 Å². The van der Waals surface area contributed by atoms with Crippen LogP contribution < -0.4 is 11.0 Å². The third-order valence-electron chi connectivity index (χ3n) is 3.53. The Kier molecular flexibility index (Phi) is 3.42. The van der Waals surface area contributed by atoms with Crippen LogP contribution >= 0.6 is 0 Å². The first kappa shape index (κ1) is 13.9. The first-order chi connectivity index (χ1) is 10.6. The van der Waals surface area contributed by atoms with E-state index in [1.165, 1.54) is 15.2 Å². The number of nitrogens with one attached hydrogen (secondary N) is 1. The van der Waals surface area contributed by atoms with E-state index in [0.717, 1.165) is 5.52 Å². The number of benzene rings is 2. The number of hydrogen-bond donors (Lipinski definition) is 2. The van der Waals surface area contributed by atoms with Crippen LogP contribution in [0.25, 0.3) is 11.0 Å². The van der Waals surface area contributed by atoms with Gasteiger partial charge in [0.15, 0.2) is 0 Å². The predicted octanol–water partition coefficient (Wildman–Crippen LogP) is 1.68. The molecule has 0 aliphatic rings. The van der Waals surface area contributed by atoms with Gasteiger partial charge in [0, 0.05) is 7.05 Å². The number of carbonyl (C=O) groups is 1. The van der Waals surface area contributed by atoms with E-state index in [0.29, 0.717) is 11.2 Å². The maximum absolute atomic E-state index is 12.2. The summed E-state index contributed by atoms with van der Waals surface area (Å²) in [6.45, 7) is -0.117. The van der Waals surface area contributed by atoms with Crippen LogP contribution in [0.15, 0.2) is 53.3 Å². The van der Waals surface area contributed by atoms with E-state index in [-0.39, 0.29) is 23.9 Å². The fourth-order valence-corrected chi connectivity index (χ4v) is 2.43. The Bertz CT molecular complexity index is 908. The van der Waals surface area contributed by atoms with Gasteiger partial charge in [-0.25, -0.2) is 4.79 Å². The second-order valence-corrected chi connectivity index (χ2v) is 4.98. The monoisotopic (exact) mass is 297 g/mol. The highest BCUT2D eigenvalue weighted by Gasteiger charge is 2.13. The molecule has 0 fully saturated rings. The first-order valence-corrected chi connectivity index (χ1v) is 6.80. The summed E-state index contributed by atoms with van der Waals surface area (Å²) in [5.74, 6) is -0.388. The molecule has 3 rings (SSSR count). The molecule has 1 amide bonds. The SMILES string of the molecule is Cn1c(=O)n(CC(=O)Nc2ccccc2O)c2ccccc21. The highest BCUT2D eigenvalue weighted by molar-refractivity contribution is 5.92. The van der Waals surface area contributed by atoms with Crippen molar-refractivity contribution >= 4 is 22.6 Å². The number of aromatic hydroxyl groups is 1. The Morgan fingerprint density at radius 1 is 1.09 bits per heavy atom. The largest absolute Gasteiger partial charge is 0.506 e. The molecule has 0 saturated carbocycles. The minimum Gasteiger partial charge on any atom is -0.506 e. The van der Waals surface area contributed by atoms with Crippen molar-refractivity contribution in [1.29, 1.82) is 0 Å². The lowest BCUT2D eigenvalue weighted by Gasteiger charge is -2.07. The van der Waals surface area contributed by atoms with E-state index in [1.807, 2.05) is 18.2 Å². The average Bonchev–Trinajstić information content (AvgIpc) is 2.75. The van der Waals surface area contributed by atoms with Gasteiger partial charge in [-0.2, -0.15) is 0 Å². The van der Waals surface area contributed by atoms with E-state index >= 15 is 0 Å². The molecule has 0 aliphatic carbocycles. The highest BCUT2D eigenvalue weighted by Crippen LogP contribution is 2.21. The van der Waals surface area contributed by atoms with Crippen molar-refractivity contribution in [3.05, 3.63) is 59.0 Å². The van der Waals surface area contributed by atoms with Crippen LogP contribution in [0, 0.1) is 0 Å². The fourth-order valence-electron chi connectivity index (χ4n) is 2.43. The molecule has 0 unspecified atom stereocenters. The molecule has 0 spiro atoms. The van der Waals surface area contributed by atoms with E-state index in [9.17, 15) is 14.7 Å². The number of carbonyl (C=O) groups excluding carboxylic acids is 1. The molecule has 1 aromatic heterocycles. The van der Waals surface area contributed by atoms with Crippen molar-refractivity contribution in [3.63, 3.8) is 0 Å². The van der Waals surface area contributed by atoms with E-state index < -0.39 is 0 Å². The van der Waals surface area contributed by atoms with Crippen LogP contribution in [0.4, 0.5) is 5.69 Å². The zero-order valence-corrected chi connectivity index (χ0v) is 12.0. The van der Waals surface area contributed by atoms with Crippen LogP contribution in [0.2, 0.25) is 0 Å². The number of aryl methyl sites for hydroxylation is 1. The number of anilines is 1. The number of amides is 1. The van der Waals surface area contributed by atoms with Crippen LogP contribution in [0.1, 0.15) is 0 Å². The van der Waals surface area contributed by atoms with Gasteiger partial charge in [-0.05, 0) is 24.3 Å². The van der Waals surface area contributed by atoms with Gasteiger partial charge in [0.25, 0.3) is 0 Å². The number of phenolic OH excluding ortho intramolecular Hbond substituents is 1. The summed E-state index contributed by atoms with van der Waals surface area (Å²) in [4.78, 5) is 24.4. The van der Waals surface area contributed by atoms with E-state index in [4.69, 9.17) is 0 Å². The van der Waals surface area contributed by atoms with Crippen LogP contribution in [0.3, 0.4) is 0 Å². The Labute approximate surface area is 126 Å². The fraction of sp³-hybridized carbons (Fsp3) is 0.125. The molecule has 0 radical (unpaired) electrons. The Balaban J connectivity index is 1.91. The molecule has 1 heterocycles. The lowest BCUT2D eigenvalue weighted by atomic mass is 10.3. The van der Waals surface area contributed by atoms with E-state index in [2.05, 4.69) is 5.32 Å². The van der Waals surface area contributed by atoms with Crippen molar-refractivity contribution < 1.29 is 9.90 Å². The molecular weight excluding hydrogens is 282 g/mol. The molecule has 2 aromatic carbocycles. The molecule has 0 saturated heterocycles. The first-order valence-electron chi connectivity index (χ1n) is 6.80. The Morgan fingerprint density at radius 3 is 2.45 bits per heavy atom. The smallest absolute Gasteiger partial charge is 0.329 e. The maximum Gasteiger partial charge on any atom is 0.329 e. The van der Waals surface area contributed by atoms with Gasteiger partial charge in [0.2, 0.25) is 5.91 Å². The van der Waals surface area contributed by atoms with Crippen molar-refractivity contribution in [3.8, 4) is 5.75 Å². The van der Waals surface area contributed by atoms with Gasteiger partial charge < -0.3 is 10.4 Å². The summed E-state index contributed by atoms with van der Waals surface area (Å²) in [6.07, 6.45) is 0. The zero-order valence-electron chi connectivity index (χ0n) is 12.0. The molecule has 6 nitrogen and oxygen atoms in total. The third-order valence-corrected chi connectivity index (χ3v) is 3.53. The number of fused-ring (bicyclic) bond motifs is 1. The normalized spacial score (nSPS) is 10.8. The second-order valence-electron chi connectivity index (χ2n) is 4.98. The molecular formula is C16H15N3O3. The van der Waals surface area contributed by atoms with E-state index in [1.54, 1.807) is 31.3 Å². The van der Waals surface area contributed by atoms with Crippen molar-refractivity contribution in [2.45, 2.75) is 6.54 Å². The Morgan fingerprint density at radius 2 is 1.73 bits per heavy atom. The van der Waals surface area contributed by atoms with Gasteiger partial charge >= 0.3 is 5.69 Å². The number of phenols is 1. The molecule has 112 valence electrons. The average molecular weight is 297 g/mol. The van der Waals surface area contributed by atoms with Gasteiger partial charge in [-0.3, -0.25) is 13.9 Å². The number of imidazole rings is 1. The summed E-state index contributed by atoms with van der Waals surface area (Å²) >= 11 is 0. The second kappa shape index (κ2) is 5.40. The quantitative estimate of drug-likeness (QED) is 0.722. The van der Waals surface area contributed by atoms with Gasteiger partial charge in [-0.15, -0.1) is 0 Å². The van der Waals surface area contributed by atoms with Gasteiger partial charge in [0.1, 0.15) is 12.3 Å². The van der Waals surface area contributed by atoms with Crippen molar-refractivity contribution in [2.75, 3.05) is 5.32 Å². The Hall–Kier alpha value is -3.02. The summed E-state index contributed by atoms with van der Waals surface area (Å²) in [6, 6.07) is 13.7. The minimum absolute atomic E-state index is 0.0129. The third kappa shape index (κ3) is 2.35. The van der Waals surface area contributed by atoms with Crippen LogP contribution in [-0.4, -0.2) is 20.1 Å². The van der Waals surface area contributed by atoms with Crippen molar-refractivity contribution in [1.82, 2.24) is 9.13 Å². The molecule has 0 atom stereocenters. The predicted molar refractivity (Wildman–Crippen MR) is 83.9 cm³/mol. The maximum atomic E-state index is 12.2. The lowest BCUT2D eigenvalue weighted by molar-refractivity contribution is -0.116. The minimum atomic E-state index is -0.375. The summed E-state index contributed by atoms with van der Waals surface area (Å²) < 4.78 is 2.91. The number of rotatable bonds is 3. The van der Waals surface area contributed by atoms with Gasteiger partial charge in [-0.1, -0.05) is 24.3 Å². The summed E-state index contributed by atoms with van der Waals surface area (Å²) in [7, 11) is 1.67. The number of aromatic nitrogens is 2. The molecule has 0 bridgehead atoms. The van der Waals surface area contributed by atoms with Crippen LogP contribution in [0.5, 0.6) is 5.75 Å². The molecule has 3 aromatic rings. The van der Waals surface area contributed by atoms with Crippen molar-refractivity contribution in [2.24, 2.45) is 7.05 Å². The molecule has 22 heavy (non-hydrogen) atoms. The highest BCUT2D eigenvalue weighted by atomic mass is 16.3. The van der Waals surface area contributed by atoms with Gasteiger partial charge in [0.05, 0.1) is 16.7 Å².